The van der Waals surface area contributed by atoms with Gasteiger partial charge in [-0.1, -0.05) is 0 Å². The molecule has 5 nitrogen and oxygen atoms in total. The number of furan rings is 1. The van der Waals surface area contributed by atoms with Crippen molar-refractivity contribution in [1.29, 1.82) is 0 Å². The Morgan fingerprint density at radius 3 is 2.75 bits per heavy atom. The van der Waals surface area contributed by atoms with Crippen LogP contribution in [0.2, 0.25) is 0 Å². The number of carbonyl (C=O) groups excluding carboxylic acids is 1. The van der Waals surface area contributed by atoms with Gasteiger partial charge in [-0.25, -0.2) is 12.7 Å². The van der Waals surface area contributed by atoms with E-state index in [-0.39, 0.29) is 17.7 Å². The minimum absolute atomic E-state index is 0.0340. The summed E-state index contributed by atoms with van der Waals surface area (Å²) < 4.78 is 28.3. The van der Waals surface area contributed by atoms with Crippen LogP contribution < -0.4 is 0 Å². The lowest BCUT2D eigenvalue weighted by Gasteiger charge is -2.13. The molecule has 0 aliphatic heterocycles. The van der Waals surface area contributed by atoms with Crippen LogP contribution in [0.15, 0.2) is 22.8 Å². The van der Waals surface area contributed by atoms with Crippen LogP contribution in [0, 0.1) is 5.92 Å². The van der Waals surface area contributed by atoms with Gasteiger partial charge >= 0.3 is 0 Å². The van der Waals surface area contributed by atoms with Crippen LogP contribution in [0.5, 0.6) is 0 Å². The molecule has 0 bridgehead atoms. The highest BCUT2D eigenvalue weighted by Gasteiger charge is 2.48. The zero-order chi connectivity index (χ0) is 11.9. The zero-order valence-electron chi connectivity index (χ0n) is 9.08. The van der Waals surface area contributed by atoms with E-state index in [4.69, 9.17) is 4.42 Å². The van der Waals surface area contributed by atoms with E-state index in [0.717, 1.165) is 16.3 Å². The quantitative estimate of drug-likeness (QED) is 0.787. The fourth-order valence-corrected chi connectivity index (χ4v) is 2.14. The lowest BCUT2D eigenvalue weighted by Crippen LogP contribution is -2.33. The maximum Gasteiger partial charge on any atom is 0.239 e. The summed E-state index contributed by atoms with van der Waals surface area (Å²) >= 11 is 0. The second-order valence-electron chi connectivity index (χ2n) is 4.03. The van der Waals surface area contributed by atoms with Crippen molar-refractivity contribution in [3.05, 3.63) is 24.2 Å². The maximum absolute atomic E-state index is 11.8. The number of hydrogen-bond donors (Lipinski definition) is 0. The molecule has 1 aromatic heterocycles. The van der Waals surface area contributed by atoms with Crippen LogP contribution in [-0.2, 0) is 14.8 Å². The number of amides is 1. The molecule has 1 aliphatic carbocycles. The molecule has 1 aliphatic rings. The summed E-state index contributed by atoms with van der Waals surface area (Å²) in [5.41, 5.74) is 0. The van der Waals surface area contributed by atoms with Crippen LogP contribution in [0.3, 0.4) is 0 Å². The summed E-state index contributed by atoms with van der Waals surface area (Å²) in [5.74, 6) is 0.168. The zero-order valence-corrected chi connectivity index (χ0v) is 9.90. The molecule has 0 N–H and O–H groups in total. The molecule has 0 saturated heterocycles. The third-order valence-electron chi connectivity index (χ3n) is 2.82. The number of hydrogen-bond acceptors (Lipinski definition) is 4. The molecule has 88 valence electrons. The van der Waals surface area contributed by atoms with Crippen molar-refractivity contribution in [3.8, 4) is 0 Å². The molecule has 1 amide bonds. The van der Waals surface area contributed by atoms with Gasteiger partial charge in [0.2, 0.25) is 15.9 Å². The number of rotatable bonds is 3. The molecular weight excluding hydrogens is 230 g/mol. The first kappa shape index (κ1) is 11.2. The Hall–Kier alpha value is -1.30. The van der Waals surface area contributed by atoms with E-state index in [9.17, 15) is 13.2 Å². The fourth-order valence-electron chi connectivity index (χ4n) is 1.68. The molecule has 1 heterocycles. The summed E-state index contributed by atoms with van der Waals surface area (Å²) in [6, 6.07) is 3.56. The lowest BCUT2D eigenvalue weighted by atomic mass is 10.2. The van der Waals surface area contributed by atoms with Gasteiger partial charge in [0, 0.05) is 18.9 Å². The summed E-state index contributed by atoms with van der Waals surface area (Å²) in [7, 11) is -2.16. The van der Waals surface area contributed by atoms with Crippen molar-refractivity contribution in [2.45, 2.75) is 12.3 Å². The van der Waals surface area contributed by atoms with Crippen molar-refractivity contribution in [1.82, 2.24) is 4.31 Å². The normalized spacial score (nSPS) is 24.1. The van der Waals surface area contributed by atoms with E-state index in [2.05, 4.69) is 0 Å². The first-order valence-electron chi connectivity index (χ1n) is 4.92. The van der Waals surface area contributed by atoms with Gasteiger partial charge in [-0.15, -0.1) is 0 Å². The van der Waals surface area contributed by atoms with E-state index < -0.39 is 10.0 Å². The monoisotopic (exact) mass is 243 g/mol. The summed E-state index contributed by atoms with van der Waals surface area (Å²) in [4.78, 5) is 11.8. The molecule has 1 aromatic rings. The van der Waals surface area contributed by atoms with Crippen LogP contribution >= 0.6 is 0 Å². The minimum atomic E-state index is -3.45. The molecule has 0 radical (unpaired) electrons. The SMILES string of the molecule is CN(C(=O)C1CC1c1ccco1)S(C)(=O)=O. The number of sulfonamides is 1. The summed E-state index contributed by atoms with van der Waals surface area (Å²) in [5, 5.41) is 0. The molecule has 1 fully saturated rings. The first-order chi connectivity index (χ1) is 7.41. The maximum atomic E-state index is 11.8. The van der Waals surface area contributed by atoms with E-state index in [0.29, 0.717) is 6.42 Å². The summed E-state index contributed by atoms with van der Waals surface area (Å²) in [6.07, 6.45) is 3.23. The molecule has 2 unspecified atom stereocenters. The number of nitrogens with zero attached hydrogens (tertiary/aromatic N) is 1. The fraction of sp³-hybridized carbons (Fsp3) is 0.500. The highest BCUT2D eigenvalue weighted by Crippen LogP contribution is 2.48. The van der Waals surface area contributed by atoms with Gasteiger partial charge in [-0.3, -0.25) is 4.79 Å². The van der Waals surface area contributed by atoms with E-state index in [1.807, 2.05) is 0 Å². The molecule has 2 rings (SSSR count). The first-order valence-corrected chi connectivity index (χ1v) is 6.77. The third kappa shape index (κ3) is 1.97. The van der Waals surface area contributed by atoms with Crippen molar-refractivity contribution < 1.29 is 17.6 Å². The van der Waals surface area contributed by atoms with Crippen LogP contribution in [0.4, 0.5) is 0 Å². The van der Waals surface area contributed by atoms with Crippen molar-refractivity contribution in [2.24, 2.45) is 5.92 Å². The molecule has 6 heteroatoms. The van der Waals surface area contributed by atoms with Gasteiger partial charge in [0.05, 0.1) is 12.5 Å². The van der Waals surface area contributed by atoms with Crippen LogP contribution in [0.25, 0.3) is 0 Å². The standard InChI is InChI=1S/C10H13NO4S/c1-11(16(2,13)14)10(12)8-6-7(8)9-4-3-5-15-9/h3-5,7-8H,6H2,1-2H3. The van der Waals surface area contributed by atoms with Crippen LogP contribution in [-0.4, -0.2) is 31.9 Å². The molecule has 2 atom stereocenters. The average Bonchev–Trinajstić information content (AvgIpc) is 2.81. The molecular formula is C10H13NO4S. The van der Waals surface area contributed by atoms with Crippen molar-refractivity contribution >= 4 is 15.9 Å². The summed E-state index contributed by atoms with van der Waals surface area (Å²) in [6.45, 7) is 0. The highest BCUT2D eigenvalue weighted by molar-refractivity contribution is 7.88. The lowest BCUT2D eigenvalue weighted by molar-refractivity contribution is -0.127. The second kappa shape index (κ2) is 3.62. The third-order valence-corrected chi connectivity index (χ3v) is 4.00. The Morgan fingerprint density at radius 2 is 2.25 bits per heavy atom. The van der Waals surface area contributed by atoms with Crippen molar-refractivity contribution in [2.75, 3.05) is 13.3 Å². The van der Waals surface area contributed by atoms with Crippen molar-refractivity contribution in [3.63, 3.8) is 0 Å². The Balaban J connectivity index is 2.05. The largest absolute Gasteiger partial charge is 0.469 e. The second-order valence-corrected chi connectivity index (χ2v) is 6.05. The van der Waals surface area contributed by atoms with E-state index in [1.165, 1.54) is 7.05 Å². The van der Waals surface area contributed by atoms with E-state index in [1.54, 1.807) is 18.4 Å². The predicted octanol–water partition coefficient (Wildman–Crippen LogP) is 0.801. The number of carbonyl (C=O) groups is 1. The van der Waals surface area contributed by atoms with E-state index >= 15 is 0 Å². The minimum Gasteiger partial charge on any atom is -0.469 e. The van der Waals surface area contributed by atoms with Gasteiger partial charge in [0.25, 0.3) is 0 Å². The van der Waals surface area contributed by atoms with Gasteiger partial charge < -0.3 is 4.42 Å². The molecule has 0 spiro atoms. The molecule has 1 saturated carbocycles. The predicted molar refractivity (Wildman–Crippen MR) is 57.2 cm³/mol. The topological polar surface area (TPSA) is 67.6 Å². The van der Waals surface area contributed by atoms with Gasteiger partial charge in [-0.05, 0) is 18.6 Å². The Bertz CT molecular complexity index is 491. The Morgan fingerprint density at radius 1 is 1.56 bits per heavy atom. The van der Waals surface area contributed by atoms with Gasteiger partial charge in [0.1, 0.15) is 5.76 Å². The Kier molecular flexibility index (Phi) is 2.53. The molecule has 0 aromatic carbocycles. The van der Waals surface area contributed by atoms with Crippen LogP contribution in [0.1, 0.15) is 18.1 Å². The van der Waals surface area contributed by atoms with Gasteiger partial charge in [-0.2, -0.15) is 0 Å². The molecule has 16 heavy (non-hydrogen) atoms. The Labute approximate surface area is 94.1 Å². The smallest absolute Gasteiger partial charge is 0.239 e. The average molecular weight is 243 g/mol. The highest BCUT2D eigenvalue weighted by atomic mass is 32.2. The van der Waals surface area contributed by atoms with Gasteiger partial charge in [0.15, 0.2) is 0 Å².